The van der Waals surface area contributed by atoms with E-state index in [4.69, 9.17) is 32.7 Å². The Morgan fingerprint density at radius 3 is 2.43 bits per heavy atom. The number of hydrogen-bond acceptors (Lipinski definition) is 4. The maximum Gasteiger partial charge on any atom is 0.227 e. The highest BCUT2D eigenvalue weighted by atomic mass is 35.5. The molecule has 222 valence electrons. The largest absolute Gasteiger partial charge is 0.490 e. The number of nitrogens with one attached hydrogen (secondary N) is 1. The van der Waals surface area contributed by atoms with Gasteiger partial charge in [-0.3, -0.25) is 4.79 Å². The predicted octanol–water partition coefficient (Wildman–Crippen LogP) is 7.34. The van der Waals surface area contributed by atoms with E-state index in [-0.39, 0.29) is 40.8 Å². The number of rotatable bonds is 10. The molecule has 3 aromatic carbocycles. The van der Waals surface area contributed by atoms with E-state index in [9.17, 15) is 9.18 Å². The summed E-state index contributed by atoms with van der Waals surface area (Å²) in [6.45, 7) is 7.36. The summed E-state index contributed by atoms with van der Waals surface area (Å²) in [7, 11) is 0. The average Bonchev–Trinajstić information content (AvgIpc) is 3.59. The first-order valence-electron chi connectivity index (χ1n) is 14.9. The van der Waals surface area contributed by atoms with Crippen molar-refractivity contribution in [1.82, 2.24) is 10.2 Å². The highest BCUT2D eigenvalue weighted by molar-refractivity contribution is 6.37. The van der Waals surface area contributed by atoms with Gasteiger partial charge in [-0.1, -0.05) is 53.5 Å². The quantitative estimate of drug-likeness (QED) is 0.244. The number of fused-ring (bicyclic) bond motifs is 1. The van der Waals surface area contributed by atoms with Crippen molar-refractivity contribution in [2.75, 3.05) is 26.3 Å². The number of carbonyl (C=O) groups is 1. The third kappa shape index (κ3) is 6.13. The molecule has 0 unspecified atom stereocenters. The summed E-state index contributed by atoms with van der Waals surface area (Å²) < 4.78 is 24.9. The van der Waals surface area contributed by atoms with Gasteiger partial charge in [0.05, 0.1) is 10.0 Å². The van der Waals surface area contributed by atoms with E-state index < -0.39 is 5.82 Å². The van der Waals surface area contributed by atoms with Gasteiger partial charge in [0.15, 0.2) is 5.75 Å². The predicted molar refractivity (Wildman–Crippen MR) is 164 cm³/mol. The van der Waals surface area contributed by atoms with Crippen LogP contribution < -0.4 is 14.8 Å². The van der Waals surface area contributed by atoms with Crippen LogP contribution in [0.15, 0.2) is 54.6 Å². The number of halogens is 3. The van der Waals surface area contributed by atoms with Gasteiger partial charge in [-0.25, -0.2) is 4.39 Å². The lowest BCUT2D eigenvalue weighted by Crippen LogP contribution is -2.41. The highest BCUT2D eigenvalue weighted by Gasteiger charge is 2.51. The van der Waals surface area contributed by atoms with Crippen LogP contribution in [-0.4, -0.2) is 43.2 Å². The first kappa shape index (κ1) is 29.3. The van der Waals surface area contributed by atoms with Gasteiger partial charge in [0.25, 0.3) is 0 Å². The Bertz CT molecular complexity index is 1420. The second kappa shape index (κ2) is 12.4. The van der Waals surface area contributed by atoms with Crippen molar-refractivity contribution in [3.05, 3.63) is 92.7 Å². The molecule has 3 fully saturated rings. The van der Waals surface area contributed by atoms with Crippen molar-refractivity contribution < 1.29 is 18.7 Å². The van der Waals surface area contributed by atoms with Gasteiger partial charge in [-0.15, -0.1) is 0 Å². The highest BCUT2D eigenvalue weighted by Crippen LogP contribution is 2.50. The zero-order chi connectivity index (χ0) is 29.4. The van der Waals surface area contributed by atoms with Crippen molar-refractivity contribution >= 4 is 29.1 Å². The number of nitrogens with zero attached hydrogens (tertiary/aromatic N) is 1. The molecule has 1 saturated heterocycles. The molecule has 0 radical (unpaired) electrons. The molecular weight excluding hydrogens is 574 g/mol. The number of ether oxygens (including phenoxy) is 2. The fourth-order valence-corrected chi connectivity index (χ4v) is 7.38. The minimum atomic E-state index is -0.513. The van der Waals surface area contributed by atoms with Crippen LogP contribution in [0.1, 0.15) is 47.4 Å². The van der Waals surface area contributed by atoms with Gasteiger partial charge in [0.1, 0.15) is 24.8 Å². The molecule has 1 heterocycles. The Kier molecular flexibility index (Phi) is 8.67. The second-order valence-corrected chi connectivity index (χ2v) is 12.8. The Balaban J connectivity index is 1.13. The Morgan fingerprint density at radius 1 is 1.00 bits per heavy atom. The summed E-state index contributed by atoms with van der Waals surface area (Å²) in [4.78, 5) is 16.6. The minimum absolute atomic E-state index is 0.0268. The summed E-state index contributed by atoms with van der Waals surface area (Å²) >= 11 is 12.1. The lowest BCUT2D eigenvalue weighted by Gasteiger charge is -2.32. The summed E-state index contributed by atoms with van der Waals surface area (Å²) in [5.74, 6) is 1.81. The Morgan fingerprint density at radius 2 is 1.71 bits per heavy atom. The number of carbonyl (C=O) groups excluding carboxylic acids is 1. The molecule has 0 aromatic heterocycles. The molecule has 1 aliphatic heterocycles. The standard InChI is InChI=1S/C34H37Cl2FN2O3/c1-20-4-3-5-23(21(20)2)19-39(26-8-9-26)34(40)32-28(14-24-17-38-18-29(24)32)22-6-10-27(11-7-22)41-12-13-42-33-30(35)15-25(37)16-31(33)36/h3-7,10-11,15-16,24,26,28-29,32,38H,8-9,12-14,17-19H2,1-2H3/t24-,28+,29+,32+/m1/s1. The summed E-state index contributed by atoms with van der Waals surface area (Å²) in [6.07, 6.45) is 3.20. The molecule has 8 heteroatoms. The van der Waals surface area contributed by atoms with Crippen LogP contribution in [0, 0.1) is 37.4 Å². The van der Waals surface area contributed by atoms with Crippen molar-refractivity contribution in [3.63, 3.8) is 0 Å². The molecule has 42 heavy (non-hydrogen) atoms. The molecule has 3 aliphatic rings. The lowest BCUT2D eigenvalue weighted by atomic mass is 9.83. The third-order valence-corrected chi connectivity index (χ3v) is 9.89. The number of aryl methyl sites for hydroxylation is 1. The van der Waals surface area contributed by atoms with E-state index in [1.165, 1.54) is 34.4 Å². The van der Waals surface area contributed by atoms with Gasteiger partial charge in [-0.05, 0) is 110 Å². The molecule has 0 spiro atoms. The summed E-state index contributed by atoms with van der Waals surface area (Å²) in [5.41, 5.74) is 5.00. The van der Waals surface area contributed by atoms with Gasteiger partial charge >= 0.3 is 0 Å². The smallest absolute Gasteiger partial charge is 0.227 e. The zero-order valence-corrected chi connectivity index (χ0v) is 25.6. The van der Waals surface area contributed by atoms with Crippen molar-refractivity contribution in [2.45, 2.75) is 51.6 Å². The minimum Gasteiger partial charge on any atom is -0.490 e. The summed E-state index contributed by atoms with van der Waals surface area (Å²) in [6, 6.07) is 17.2. The van der Waals surface area contributed by atoms with Gasteiger partial charge < -0.3 is 19.7 Å². The third-order valence-electron chi connectivity index (χ3n) is 9.33. The van der Waals surface area contributed by atoms with Crippen LogP contribution in [0.5, 0.6) is 11.5 Å². The molecule has 4 atom stereocenters. The van der Waals surface area contributed by atoms with E-state index >= 15 is 0 Å². The monoisotopic (exact) mass is 610 g/mol. The van der Waals surface area contributed by atoms with Crippen LogP contribution in [0.3, 0.4) is 0 Å². The first-order valence-corrected chi connectivity index (χ1v) is 15.6. The molecular formula is C34H37Cl2FN2O3. The van der Waals surface area contributed by atoms with Crippen molar-refractivity contribution in [2.24, 2.45) is 17.8 Å². The van der Waals surface area contributed by atoms with Gasteiger partial charge in [-0.2, -0.15) is 0 Å². The lowest BCUT2D eigenvalue weighted by molar-refractivity contribution is -0.138. The number of hydrogen-bond donors (Lipinski definition) is 1. The van der Waals surface area contributed by atoms with Crippen molar-refractivity contribution in [3.8, 4) is 11.5 Å². The average molecular weight is 612 g/mol. The van der Waals surface area contributed by atoms with Crippen LogP contribution in [-0.2, 0) is 11.3 Å². The van der Waals surface area contributed by atoms with E-state index in [2.05, 4.69) is 54.4 Å². The molecule has 1 amide bonds. The molecule has 5 nitrogen and oxygen atoms in total. The molecule has 3 aromatic rings. The second-order valence-electron chi connectivity index (χ2n) is 12.0. The number of benzene rings is 3. The first-order chi connectivity index (χ1) is 20.3. The zero-order valence-electron chi connectivity index (χ0n) is 24.0. The molecule has 6 rings (SSSR count). The van der Waals surface area contributed by atoms with E-state index in [1.54, 1.807) is 0 Å². The molecule has 1 N–H and O–H groups in total. The normalized spacial score (nSPS) is 23.1. The van der Waals surface area contributed by atoms with Crippen LogP contribution >= 0.6 is 23.2 Å². The SMILES string of the molecule is Cc1cccc(CN(C(=O)[C@@H]2[C@H]3CNC[C@H]3C[C@H]2c2ccc(OCCOc3c(Cl)cc(F)cc3Cl)cc2)C2CC2)c1C. The van der Waals surface area contributed by atoms with Gasteiger partial charge in [0.2, 0.25) is 5.91 Å². The van der Waals surface area contributed by atoms with Gasteiger partial charge in [0, 0.05) is 18.5 Å². The topological polar surface area (TPSA) is 50.8 Å². The molecule has 0 bridgehead atoms. The van der Waals surface area contributed by atoms with Crippen LogP contribution in [0.2, 0.25) is 10.0 Å². The Hall–Kier alpha value is -2.80. The van der Waals surface area contributed by atoms with Crippen LogP contribution in [0.25, 0.3) is 0 Å². The maximum absolute atomic E-state index is 14.4. The Labute approximate surface area is 257 Å². The van der Waals surface area contributed by atoms with E-state index in [0.717, 1.165) is 38.1 Å². The maximum atomic E-state index is 14.4. The van der Waals surface area contributed by atoms with E-state index in [1.807, 2.05) is 12.1 Å². The van der Waals surface area contributed by atoms with Crippen LogP contribution in [0.4, 0.5) is 4.39 Å². The van der Waals surface area contributed by atoms with Crippen molar-refractivity contribution in [1.29, 1.82) is 0 Å². The fraction of sp³-hybridized carbons (Fsp3) is 0.441. The number of amides is 1. The summed E-state index contributed by atoms with van der Waals surface area (Å²) in [5, 5.41) is 3.80. The molecule has 2 aliphatic carbocycles. The molecule has 2 saturated carbocycles. The fourth-order valence-electron chi connectivity index (χ4n) is 6.81. The van der Waals surface area contributed by atoms with E-state index in [0.29, 0.717) is 30.3 Å².